The molecule has 3 heteroatoms. The van der Waals surface area contributed by atoms with Gasteiger partial charge in [-0.25, -0.2) is 0 Å². The van der Waals surface area contributed by atoms with Crippen molar-refractivity contribution in [3.05, 3.63) is 28.8 Å². The molecular weight excluding hydrogens is 210 g/mol. The van der Waals surface area contributed by atoms with Gasteiger partial charge in [0.05, 0.1) is 6.10 Å². The summed E-state index contributed by atoms with van der Waals surface area (Å²) in [7, 11) is 1.90. The highest BCUT2D eigenvalue weighted by molar-refractivity contribution is 6.31. The van der Waals surface area contributed by atoms with E-state index in [4.69, 9.17) is 16.3 Å². The highest BCUT2D eigenvalue weighted by Crippen LogP contribution is 2.27. The molecule has 0 aliphatic rings. The van der Waals surface area contributed by atoms with Crippen LogP contribution in [0.2, 0.25) is 5.02 Å². The predicted molar refractivity (Wildman–Crippen MR) is 64.6 cm³/mol. The second-order valence-electron chi connectivity index (χ2n) is 3.58. The number of rotatable bonds is 5. The van der Waals surface area contributed by atoms with E-state index in [0.29, 0.717) is 0 Å². The van der Waals surface area contributed by atoms with Crippen LogP contribution in [-0.2, 0) is 6.54 Å². The molecule has 0 fully saturated rings. The zero-order valence-corrected chi connectivity index (χ0v) is 10.3. The SMILES string of the molecule is CCC(C)Oc1cccc(Cl)c1CNC. The fourth-order valence-electron chi connectivity index (χ4n) is 1.30. The quantitative estimate of drug-likeness (QED) is 0.834. The van der Waals surface area contributed by atoms with Crippen molar-refractivity contribution in [2.24, 2.45) is 0 Å². The van der Waals surface area contributed by atoms with Crippen LogP contribution in [0.15, 0.2) is 18.2 Å². The van der Waals surface area contributed by atoms with Gasteiger partial charge in [-0.2, -0.15) is 0 Å². The fourth-order valence-corrected chi connectivity index (χ4v) is 1.53. The van der Waals surface area contributed by atoms with Crippen molar-refractivity contribution in [2.45, 2.75) is 32.9 Å². The maximum absolute atomic E-state index is 6.11. The molecule has 2 nitrogen and oxygen atoms in total. The largest absolute Gasteiger partial charge is 0.490 e. The number of hydrogen-bond donors (Lipinski definition) is 1. The molecule has 0 aromatic heterocycles. The van der Waals surface area contributed by atoms with Gasteiger partial charge in [-0.15, -0.1) is 0 Å². The lowest BCUT2D eigenvalue weighted by atomic mass is 10.2. The number of hydrogen-bond acceptors (Lipinski definition) is 2. The molecule has 0 aliphatic heterocycles. The lowest BCUT2D eigenvalue weighted by molar-refractivity contribution is 0.215. The number of benzene rings is 1. The van der Waals surface area contributed by atoms with E-state index in [0.717, 1.165) is 29.3 Å². The summed E-state index contributed by atoms with van der Waals surface area (Å²) in [6.07, 6.45) is 1.21. The summed E-state index contributed by atoms with van der Waals surface area (Å²) in [5, 5.41) is 3.85. The van der Waals surface area contributed by atoms with Gasteiger partial charge in [-0.1, -0.05) is 24.6 Å². The molecule has 0 radical (unpaired) electrons. The van der Waals surface area contributed by atoms with Crippen LogP contribution in [0, 0.1) is 0 Å². The van der Waals surface area contributed by atoms with E-state index in [2.05, 4.69) is 19.2 Å². The van der Waals surface area contributed by atoms with Crippen molar-refractivity contribution < 1.29 is 4.74 Å². The van der Waals surface area contributed by atoms with Crippen molar-refractivity contribution in [3.8, 4) is 5.75 Å². The highest BCUT2D eigenvalue weighted by Gasteiger charge is 2.09. The fraction of sp³-hybridized carbons (Fsp3) is 0.500. The van der Waals surface area contributed by atoms with Crippen molar-refractivity contribution >= 4 is 11.6 Å². The topological polar surface area (TPSA) is 21.3 Å². The van der Waals surface area contributed by atoms with Crippen LogP contribution in [-0.4, -0.2) is 13.2 Å². The van der Waals surface area contributed by atoms with Gasteiger partial charge in [0.25, 0.3) is 0 Å². The Labute approximate surface area is 96.6 Å². The molecule has 1 aromatic carbocycles. The molecule has 0 heterocycles. The Morgan fingerprint density at radius 1 is 1.47 bits per heavy atom. The monoisotopic (exact) mass is 227 g/mol. The van der Waals surface area contributed by atoms with Crippen molar-refractivity contribution in [1.82, 2.24) is 5.32 Å². The molecule has 0 saturated carbocycles. The average molecular weight is 228 g/mol. The van der Waals surface area contributed by atoms with Crippen LogP contribution in [0.1, 0.15) is 25.8 Å². The third-order valence-electron chi connectivity index (χ3n) is 2.33. The van der Waals surface area contributed by atoms with E-state index in [1.165, 1.54) is 0 Å². The van der Waals surface area contributed by atoms with E-state index in [1.807, 2.05) is 25.2 Å². The molecule has 84 valence electrons. The molecule has 0 amide bonds. The molecule has 1 unspecified atom stereocenters. The van der Waals surface area contributed by atoms with Gasteiger partial charge in [0.15, 0.2) is 0 Å². The van der Waals surface area contributed by atoms with Crippen LogP contribution in [0.3, 0.4) is 0 Å². The number of nitrogens with one attached hydrogen (secondary N) is 1. The van der Waals surface area contributed by atoms with Crippen LogP contribution in [0.5, 0.6) is 5.75 Å². The van der Waals surface area contributed by atoms with Gasteiger partial charge in [0.2, 0.25) is 0 Å². The van der Waals surface area contributed by atoms with Crippen molar-refractivity contribution in [1.29, 1.82) is 0 Å². The minimum absolute atomic E-state index is 0.221. The molecule has 1 aromatic rings. The summed E-state index contributed by atoms with van der Waals surface area (Å²) in [4.78, 5) is 0. The van der Waals surface area contributed by atoms with Gasteiger partial charge < -0.3 is 10.1 Å². The molecule has 0 bridgehead atoms. The second-order valence-corrected chi connectivity index (χ2v) is 3.99. The molecule has 1 rings (SSSR count). The first-order chi connectivity index (χ1) is 7.19. The minimum Gasteiger partial charge on any atom is -0.490 e. The Balaban J connectivity index is 2.89. The van der Waals surface area contributed by atoms with Gasteiger partial charge in [0, 0.05) is 17.1 Å². The molecular formula is C12H18ClNO. The summed E-state index contributed by atoms with van der Waals surface area (Å²) < 4.78 is 5.80. The van der Waals surface area contributed by atoms with Crippen molar-refractivity contribution in [3.63, 3.8) is 0 Å². The Hall–Kier alpha value is -0.730. The van der Waals surface area contributed by atoms with E-state index >= 15 is 0 Å². The molecule has 0 spiro atoms. The maximum atomic E-state index is 6.11. The summed E-state index contributed by atoms with van der Waals surface area (Å²) in [5.41, 5.74) is 1.03. The first-order valence-electron chi connectivity index (χ1n) is 5.27. The number of halogens is 1. The lowest BCUT2D eigenvalue weighted by Gasteiger charge is -2.16. The van der Waals surface area contributed by atoms with Gasteiger partial charge in [-0.3, -0.25) is 0 Å². The van der Waals surface area contributed by atoms with Crippen LogP contribution < -0.4 is 10.1 Å². The second kappa shape index (κ2) is 5.99. The Bertz CT molecular complexity index is 314. The summed E-state index contributed by atoms with van der Waals surface area (Å²) in [6, 6.07) is 5.77. The van der Waals surface area contributed by atoms with E-state index in [9.17, 15) is 0 Å². The standard InChI is InChI=1S/C12H18ClNO/c1-4-9(2)15-12-7-5-6-11(13)10(12)8-14-3/h5-7,9,14H,4,8H2,1-3H3. The highest BCUT2D eigenvalue weighted by atomic mass is 35.5. The Morgan fingerprint density at radius 2 is 2.20 bits per heavy atom. The molecule has 1 N–H and O–H groups in total. The van der Waals surface area contributed by atoms with Gasteiger partial charge in [-0.05, 0) is 32.5 Å². The smallest absolute Gasteiger partial charge is 0.125 e. The van der Waals surface area contributed by atoms with E-state index in [-0.39, 0.29) is 6.10 Å². The molecule has 0 aliphatic carbocycles. The maximum Gasteiger partial charge on any atom is 0.125 e. The molecule has 1 atom stereocenters. The Morgan fingerprint density at radius 3 is 2.80 bits per heavy atom. The van der Waals surface area contributed by atoms with Gasteiger partial charge in [0.1, 0.15) is 5.75 Å². The van der Waals surface area contributed by atoms with E-state index < -0.39 is 0 Å². The van der Waals surface area contributed by atoms with Crippen LogP contribution in [0.25, 0.3) is 0 Å². The van der Waals surface area contributed by atoms with Gasteiger partial charge >= 0.3 is 0 Å². The average Bonchev–Trinajstić information content (AvgIpc) is 2.23. The van der Waals surface area contributed by atoms with E-state index in [1.54, 1.807) is 0 Å². The zero-order valence-electron chi connectivity index (χ0n) is 9.51. The summed E-state index contributed by atoms with van der Waals surface area (Å²) in [6.45, 7) is 4.89. The third-order valence-corrected chi connectivity index (χ3v) is 2.69. The molecule has 15 heavy (non-hydrogen) atoms. The van der Waals surface area contributed by atoms with Crippen LogP contribution >= 0.6 is 11.6 Å². The zero-order chi connectivity index (χ0) is 11.3. The first kappa shape index (κ1) is 12.3. The minimum atomic E-state index is 0.221. The number of ether oxygens (including phenoxy) is 1. The first-order valence-corrected chi connectivity index (χ1v) is 5.65. The Kier molecular flexibility index (Phi) is 4.92. The normalized spacial score (nSPS) is 12.5. The summed E-state index contributed by atoms with van der Waals surface area (Å²) >= 11 is 6.11. The van der Waals surface area contributed by atoms with Crippen molar-refractivity contribution in [2.75, 3.05) is 7.05 Å². The lowest BCUT2D eigenvalue weighted by Crippen LogP contribution is -2.13. The van der Waals surface area contributed by atoms with Crippen LogP contribution in [0.4, 0.5) is 0 Å². The summed E-state index contributed by atoms with van der Waals surface area (Å²) in [5.74, 6) is 0.881. The third kappa shape index (κ3) is 3.40. The predicted octanol–water partition coefficient (Wildman–Crippen LogP) is 3.24. The molecule has 0 saturated heterocycles.